The van der Waals surface area contributed by atoms with E-state index in [0.717, 1.165) is 36.3 Å². The highest BCUT2D eigenvalue weighted by Gasteiger charge is 2.23. The Morgan fingerprint density at radius 2 is 1.63 bits per heavy atom. The molecule has 9 nitrogen and oxygen atoms in total. The quantitative estimate of drug-likeness (QED) is 0.620. The van der Waals surface area contributed by atoms with E-state index in [1.165, 1.54) is 11.6 Å². The van der Waals surface area contributed by atoms with E-state index in [0.29, 0.717) is 23.5 Å². The van der Waals surface area contributed by atoms with E-state index in [1.807, 2.05) is 30.3 Å². The number of aliphatic hydroxyl groups is 1. The Balaban J connectivity index is 1.77. The second kappa shape index (κ2) is 8.17. The van der Waals surface area contributed by atoms with Crippen LogP contribution in [0.3, 0.4) is 0 Å². The van der Waals surface area contributed by atoms with Gasteiger partial charge in [0.25, 0.3) is 5.56 Å². The van der Waals surface area contributed by atoms with Crippen molar-refractivity contribution >= 4 is 11.2 Å². The predicted octanol–water partition coefficient (Wildman–Crippen LogP) is -0.291. The van der Waals surface area contributed by atoms with Gasteiger partial charge in [0.2, 0.25) is 0 Å². The molecule has 1 aliphatic rings. The van der Waals surface area contributed by atoms with Crippen molar-refractivity contribution in [3.05, 3.63) is 51.2 Å². The van der Waals surface area contributed by atoms with Crippen molar-refractivity contribution in [2.75, 3.05) is 39.8 Å². The zero-order chi connectivity index (χ0) is 21.4. The molecule has 1 aromatic carbocycles. The minimum absolute atomic E-state index is 0.223. The van der Waals surface area contributed by atoms with Crippen LogP contribution in [-0.2, 0) is 20.6 Å². The number of hydrogen-bond acceptors (Lipinski definition) is 6. The average molecular weight is 412 g/mol. The van der Waals surface area contributed by atoms with Crippen molar-refractivity contribution in [3.63, 3.8) is 0 Å². The van der Waals surface area contributed by atoms with Crippen molar-refractivity contribution in [2.45, 2.75) is 12.6 Å². The number of hydrogen-bond donors (Lipinski definition) is 1. The molecule has 9 heteroatoms. The number of likely N-dealkylation sites (N-methyl/N-ethyl adjacent to an activating group) is 1. The molecule has 0 spiro atoms. The third-order valence-electron chi connectivity index (χ3n) is 5.84. The van der Waals surface area contributed by atoms with Crippen LogP contribution in [0.5, 0.6) is 0 Å². The fraction of sp³-hybridized carbons (Fsp3) is 0.476. The highest BCUT2D eigenvalue weighted by atomic mass is 16.3. The first kappa shape index (κ1) is 20.5. The third kappa shape index (κ3) is 3.71. The summed E-state index contributed by atoms with van der Waals surface area (Å²) < 4.78 is 4.22. The number of rotatable bonds is 5. The summed E-state index contributed by atoms with van der Waals surface area (Å²) in [6.45, 7) is 4.49. The van der Waals surface area contributed by atoms with E-state index in [4.69, 9.17) is 0 Å². The number of piperazine rings is 1. The number of aryl methyl sites for hydroxylation is 1. The van der Waals surface area contributed by atoms with Crippen molar-refractivity contribution in [1.29, 1.82) is 0 Å². The molecule has 30 heavy (non-hydrogen) atoms. The van der Waals surface area contributed by atoms with Crippen molar-refractivity contribution in [3.8, 4) is 11.4 Å². The second-order valence-corrected chi connectivity index (χ2v) is 8.05. The number of nitrogens with zero attached hydrogens (tertiary/aromatic N) is 6. The summed E-state index contributed by atoms with van der Waals surface area (Å²) in [5.41, 5.74) is 0.656. The number of aliphatic hydroxyl groups excluding tert-OH is 1. The Labute approximate surface area is 174 Å². The van der Waals surface area contributed by atoms with Crippen molar-refractivity contribution < 1.29 is 5.11 Å². The van der Waals surface area contributed by atoms with Gasteiger partial charge in [-0.1, -0.05) is 30.3 Å². The van der Waals surface area contributed by atoms with Gasteiger partial charge in [-0.25, -0.2) is 9.78 Å². The minimum Gasteiger partial charge on any atom is -0.390 e. The molecular formula is C21H28N6O3. The van der Waals surface area contributed by atoms with Crippen LogP contribution < -0.4 is 11.2 Å². The first-order valence-corrected chi connectivity index (χ1v) is 10.2. The van der Waals surface area contributed by atoms with Crippen LogP contribution in [0, 0.1) is 0 Å². The number of β-amino-alcohol motifs (C(OH)–C–C–N with tert-alkyl or cyclic N) is 1. The summed E-state index contributed by atoms with van der Waals surface area (Å²) in [6, 6.07) is 9.53. The van der Waals surface area contributed by atoms with Crippen molar-refractivity contribution in [2.24, 2.45) is 14.1 Å². The number of benzene rings is 1. The molecule has 1 N–H and O–H groups in total. The van der Waals surface area contributed by atoms with E-state index in [9.17, 15) is 14.7 Å². The van der Waals surface area contributed by atoms with Gasteiger partial charge in [-0.15, -0.1) is 0 Å². The summed E-state index contributed by atoms with van der Waals surface area (Å²) in [5.74, 6) is 0.571. The average Bonchev–Trinajstić information content (AvgIpc) is 3.12. The monoisotopic (exact) mass is 412 g/mol. The smallest absolute Gasteiger partial charge is 0.332 e. The van der Waals surface area contributed by atoms with Gasteiger partial charge in [0.05, 0.1) is 12.6 Å². The molecule has 1 aliphatic heterocycles. The summed E-state index contributed by atoms with van der Waals surface area (Å²) >= 11 is 0. The van der Waals surface area contributed by atoms with Gasteiger partial charge in [0.1, 0.15) is 5.82 Å². The fourth-order valence-corrected chi connectivity index (χ4v) is 4.03. The van der Waals surface area contributed by atoms with Crippen LogP contribution in [-0.4, -0.2) is 79.5 Å². The lowest BCUT2D eigenvalue weighted by atomic mass is 10.2. The maximum absolute atomic E-state index is 13.0. The molecule has 0 amide bonds. The van der Waals surface area contributed by atoms with Gasteiger partial charge in [-0.2, -0.15) is 0 Å². The molecular weight excluding hydrogens is 384 g/mol. The van der Waals surface area contributed by atoms with E-state index < -0.39 is 17.4 Å². The molecule has 0 bridgehead atoms. The van der Waals surface area contributed by atoms with Gasteiger partial charge >= 0.3 is 5.69 Å². The van der Waals surface area contributed by atoms with E-state index in [2.05, 4.69) is 21.8 Å². The van der Waals surface area contributed by atoms with Gasteiger partial charge in [0.15, 0.2) is 11.2 Å². The van der Waals surface area contributed by atoms with Crippen LogP contribution in [0.4, 0.5) is 0 Å². The first-order chi connectivity index (χ1) is 14.4. The molecule has 0 aliphatic carbocycles. The molecule has 0 unspecified atom stereocenters. The molecule has 0 radical (unpaired) electrons. The topological polar surface area (TPSA) is 88.5 Å². The standard InChI is InChI=1S/C21H28N6O3/c1-23-9-11-26(12-10-23)13-16(28)14-27-17-19(24(2)21(30)25(3)20(17)29)22-18(27)15-7-5-4-6-8-15/h4-8,16,28H,9-14H2,1-3H3/t16-/m0/s1. The molecule has 1 saturated heterocycles. The Morgan fingerprint density at radius 1 is 0.967 bits per heavy atom. The van der Waals surface area contributed by atoms with Crippen LogP contribution in [0.15, 0.2) is 39.9 Å². The van der Waals surface area contributed by atoms with E-state index in [-0.39, 0.29) is 6.54 Å². The molecule has 160 valence electrons. The van der Waals surface area contributed by atoms with Crippen LogP contribution in [0.2, 0.25) is 0 Å². The summed E-state index contributed by atoms with van der Waals surface area (Å²) in [6.07, 6.45) is -0.671. The zero-order valence-corrected chi connectivity index (χ0v) is 17.7. The predicted molar refractivity (Wildman–Crippen MR) is 116 cm³/mol. The molecule has 1 fully saturated rings. The lowest BCUT2D eigenvalue weighted by Crippen LogP contribution is -2.47. The second-order valence-electron chi connectivity index (χ2n) is 8.05. The Hall–Kier alpha value is -2.75. The summed E-state index contributed by atoms with van der Waals surface area (Å²) in [5, 5.41) is 10.9. The molecule has 4 rings (SSSR count). The van der Waals surface area contributed by atoms with Gasteiger partial charge < -0.3 is 14.6 Å². The van der Waals surface area contributed by atoms with Gasteiger partial charge in [-0.3, -0.25) is 18.8 Å². The maximum atomic E-state index is 13.0. The number of fused-ring (bicyclic) bond motifs is 1. The SMILES string of the molecule is CN1CCN(C[C@H](O)Cn2c(-c3ccccc3)nc3c2c(=O)n(C)c(=O)n3C)CC1. The lowest BCUT2D eigenvalue weighted by Gasteiger charge is -2.33. The van der Waals surface area contributed by atoms with Crippen LogP contribution >= 0.6 is 0 Å². The Kier molecular flexibility index (Phi) is 5.59. The van der Waals surface area contributed by atoms with Crippen LogP contribution in [0.1, 0.15) is 0 Å². The Bertz CT molecular complexity index is 1160. The molecule has 3 aromatic rings. The lowest BCUT2D eigenvalue weighted by molar-refractivity contribution is 0.0719. The third-order valence-corrected chi connectivity index (χ3v) is 5.84. The summed E-state index contributed by atoms with van der Waals surface area (Å²) in [7, 11) is 5.17. The molecule has 1 atom stereocenters. The number of aromatic nitrogens is 4. The molecule has 2 aromatic heterocycles. The normalized spacial score (nSPS) is 16.9. The van der Waals surface area contributed by atoms with Gasteiger partial charge in [-0.05, 0) is 7.05 Å². The van der Waals surface area contributed by atoms with E-state index >= 15 is 0 Å². The Morgan fingerprint density at radius 3 is 2.30 bits per heavy atom. The zero-order valence-electron chi connectivity index (χ0n) is 17.7. The first-order valence-electron chi connectivity index (χ1n) is 10.2. The van der Waals surface area contributed by atoms with Gasteiger partial charge in [0, 0.05) is 52.4 Å². The number of imidazole rings is 1. The molecule has 3 heterocycles. The highest BCUT2D eigenvalue weighted by Crippen LogP contribution is 2.23. The molecule has 0 saturated carbocycles. The van der Waals surface area contributed by atoms with Crippen molar-refractivity contribution in [1.82, 2.24) is 28.5 Å². The largest absolute Gasteiger partial charge is 0.390 e. The summed E-state index contributed by atoms with van der Waals surface area (Å²) in [4.78, 5) is 34.5. The van der Waals surface area contributed by atoms with E-state index in [1.54, 1.807) is 11.6 Å². The maximum Gasteiger partial charge on any atom is 0.332 e. The fourth-order valence-electron chi connectivity index (χ4n) is 4.03. The minimum atomic E-state index is -0.671. The highest BCUT2D eigenvalue weighted by molar-refractivity contribution is 5.77. The van der Waals surface area contributed by atoms with Crippen LogP contribution in [0.25, 0.3) is 22.6 Å².